The molecule has 5 amide bonds. The highest BCUT2D eigenvalue weighted by Crippen LogP contribution is 2.23. The van der Waals surface area contributed by atoms with Crippen molar-refractivity contribution in [2.75, 3.05) is 98.1 Å². The van der Waals surface area contributed by atoms with Crippen LogP contribution in [0.2, 0.25) is 0 Å². The number of hydroxylamine groups is 2. The van der Waals surface area contributed by atoms with E-state index in [4.69, 9.17) is 21.0 Å². The number of carbonyl (C=O) groups is 5. The monoisotopic (exact) mass is 816 g/mol. The molecule has 318 valence electrons. The first-order valence-corrected chi connectivity index (χ1v) is 19.1. The van der Waals surface area contributed by atoms with Gasteiger partial charge in [0, 0.05) is 45.5 Å². The van der Waals surface area contributed by atoms with Crippen LogP contribution in [-0.2, 0) is 40.1 Å². The molecular weight excluding hydrogens is 756 g/mol. The third kappa shape index (κ3) is 16.5. The number of ether oxygens (including phenoxy) is 1. The van der Waals surface area contributed by atoms with E-state index < -0.39 is 87.1 Å². The number of benzene rings is 1. The van der Waals surface area contributed by atoms with E-state index in [0.29, 0.717) is 31.7 Å². The van der Waals surface area contributed by atoms with Gasteiger partial charge in [0.05, 0.1) is 46.0 Å². The predicted molar refractivity (Wildman–Crippen MR) is 205 cm³/mol. The summed E-state index contributed by atoms with van der Waals surface area (Å²) in [5.74, 6) is -2.55. The van der Waals surface area contributed by atoms with Crippen LogP contribution >= 0.6 is 12.6 Å². The fraction of sp³-hybridized carbons (Fsp3) is 0.686. The van der Waals surface area contributed by atoms with Gasteiger partial charge in [-0.05, 0) is 31.4 Å². The summed E-state index contributed by atoms with van der Waals surface area (Å²) in [5, 5.41) is 54.1. The van der Waals surface area contributed by atoms with Crippen LogP contribution in [-0.4, -0.2) is 208 Å². The molecule has 20 nitrogen and oxygen atoms in total. The molecule has 10 N–H and O–H groups in total. The lowest BCUT2D eigenvalue weighted by molar-refractivity contribution is -0.327. The van der Waals surface area contributed by atoms with Gasteiger partial charge in [0.1, 0.15) is 31.0 Å². The second-order valence-electron chi connectivity index (χ2n) is 13.2. The standard InChI is InChI=1S/C35H60N8O12S/c1-39(35-34(53)33(52)32(51)26(24-45)55-35)54-16-7-13-41(31(50)23-43(28(47)18-38-11-17-56)19-25-8-3-2-4-9-25)21-30(49)42(14-15-44)22-29(48)40(20-27(37)46)12-6-5-10-36/h2-4,8-9,26,32-35,38,44-45,51-53,56H,5-7,10-24,36H2,1H3,(H2,37,46)/t26-,32-,33+,34-,35-/m1/s1. The van der Waals surface area contributed by atoms with Crippen molar-refractivity contribution < 1.29 is 59.1 Å². The van der Waals surface area contributed by atoms with Crippen LogP contribution in [0.3, 0.4) is 0 Å². The van der Waals surface area contributed by atoms with E-state index in [2.05, 4.69) is 17.9 Å². The smallest absolute Gasteiger partial charge is 0.242 e. The van der Waals surface area contributed by atoms with E-state index >= 15 is 0 Å². The van der Waals surface area contributed by atoms with E-state index in [9.17, 15) is 49.5 Å². The average molecular weight is 817 g/mol. The highest BCUT2D eigenvalue weighted by molar-refractivity contribution is 7.80. The molecule has 1 aliphatic heterocycles. The number of thiol groups is 1. The van der Waals surface area contributed by atoms with Crippen molar-refractivity contribution in [2.24, 2.45) is 11.5 Å². The Balaban J connectivity index is 2.28. The van der Waals surface area contributed by atoms with E-state index in [1.165, 1.54) is 21.7 Å². The van der Waals surface area contributed by atoms with Gasteiger partial charge in [-0.3, -0.25) is 28.8 Å². The summed E-state index contributed by atoms with van der Waals surface area (Å²) in [6, 6.07) is 9.01. The quantitative estimate of drug-likeness (QED) is 0.0229. The Bertz CT molecular complexity index is 1350. The van der Waals surface area contributed by atoms with Crippen molar-refractivity contribution in [1.29, 1.82) is 0 Å². The minimum Gasteiger partial charge on any atom is -0.395 e. The van der Waals surface area contributed by atoms with Gasteiger partial charge >= 0.3 is 0 Å². The van der Waals surface area contributed by atoms with Crippen LogP contribution in [0.1, 0.15) is 24.8 Å². The zero-order valence-electron chi connectivity index (χ0n) is 31.9. The maximum Gasteiger partial charge on any atom is 0.242 e. The normalized spacial score (nSPS) is 19.4. The summed E-state index contributed by atoms with van der Waals surface area (Å²) in [6.45, 7) is -2.47. The van der Waals surface area contributed by atoms with Crippen LogP contribution in [0.4, 0.5) is 0 Å². The number of nitrogens with two attached hydrogens (primary N) is 2. The van der Waals surface area contributed by atoms with Crippen LogP contribution in [0.15, 0.2) is 30.3 Å². The van der Waals surface area contributed by atoms with Gasteiger partial charge in [-0.1, -0.05) is 30.3 Å². The molecule has 0 saturated carbocycles. The summed E-state index contributed by atoms with van der Waals surface area (Å²) < 4.78 is 5.50. The third-order valence-corrected chi connectivity index (χ3v) is 9.09. The van der Waals surface area contributed by atoms with Gasteiger partial charge in [0.2, 0.25) is 29.5 Å². The minimum absolute atomic E-state index is 0.0722. The molecule has 0 unspecified atom stereocenters. The largest absolute Gasteiger partial charge is 0.395 e. The number of likely N-dealkylation sites (N-methyl/N-ethyl adjacent to an activating group) is 1. The number of amides is 5. The van der Waals surface area contributed by atoms with Crippen molar-refractivity contribution >= 4 is 42.2 Å². The molecule has 1 aromatic carbocycles. The molecule has 1 aromatic rings. The lowest BCUT2D eigenvalue weighted by atomic mass is 9.98. The molecule has 1 fully saturated rings. The first-order valence-electron chi connectivity index (χ1n) is 18.5. The summed E-state index contributed by atoms with van der Waals surface area (Å²) in [4.78, 5) is 76.6. The van der Waals surface area contributed by atoms with E-state index in [1.54, 1.807) is 24.3 Å². The minimum atomic E-state index is -1.63. The molecule has 0 aromatic heterocycles. The number of hydrogen-bond acceptors (Lipinski definition) is 16. The summed E-state index contributed by atoms with van der Waals surface area (Å²) >= 11 is 4.16. The molecule has 1 saturated heterocycles. The van der Waals surface area contributed by atoms with Gasteiger partial charge in [-0.2, -0.15) is 17.7 Å². The zero-order chi connectivity index (χ0) is 41.6. The zero-order valence-corrected chi connectivity index (χ0v) is 32.8. The van der Waals surface area contributed by atoms with Crippen molar-refractivity contribution in [2.45, 2.75) is 56.5 Å². The molecule has 0 bridgehead atoms. The predicted octanol–water partition coefficient (Wildman–Crippen LogP) is -4.71. The molecule has 56 heavy (non-hydrogen) atoms. The number of primary amides is 1. The van der Waals surface area contributed by atoms with Crippen LogP contribution in [0.5, 0.6) is 0 Å². The Labute approximate surface area is 332 Å². The van der Waals surface area contributed by atoms with E-state index in [-0.39, 0.29) is 58.2 Å². The number of aliphatic hydroxyl groups is 5. The summed E-state index contributed by atoms with van der Waals surface area (Å²) in [7, 11) is 1.40. The number of rotatable bonds is 27. The van der Waals surface area contributed by atoms with Gasteiger partial charge in [0.25, 0.3) is 0 Å². The fourth-order valence-corrected chi connectivity index (χ4v) is 5.92. The first-order chi connectivity index (χ1) is 26.8. The van der Waals surface area contributed by atoms with Crippen molar-refractivity contribution in [1.82, 2.24) is 30.0 Å². The lowest BCUT2D eigenvalue weighted by Crippen LogP contribution is -2.62. The number of hydrogen-bond donors (Lipinski definition) is 9. The van der Waals surface area contributed by atoms with Crippen molar-refractivity contribution in [3.05, 3.63) is 35.9 Å². The molecular formula is C35H60N8O12S. The number of unbranched alkanes of at least 4 members (excludes halogenated alkanes) is 1. The summed E-state index contributed by atoms with van der Waals surface area (Å²) in [5.41, 5.74) is 11.7. The van der Waals surface area contributed by atoms with Crippen LogP contribution < -0.4 is 16.8 Å². The number of aliphatic hydroxyl groups excluding tert-OH is 5. The topological polar surface area (TPSA) is 285 Å². The van der Waals surface area contributed by atoms with Crippen molar-refractivity contribution in [3.8, 4) is 0 Å². The lowest BCUT2D eigenvalue weighted by Gasteiger charge is -2.42. The number of carbonyl (C=O) groups excluding carboxylic acids is 5. The van der Waals surface area contributed by atoms with Crippen molar-refractivity contribution in [3.63, 3.8) is 0 Å². The summed E-state index contributed by atoms with van der Waals surface area (Å²) in [6.07, 6.45) is -6.06. The Kier molecular flexibility index (Phi) is 23.0. The molecule has 1 heterocycles. The second kappa shape index (κ2) is 26.4. The Morgan fingerprint density at radius 3 is 1.96 bits per heavy atom. The van der Waals surface area contributed by atoms with Gasteiger partial charge < -0.3 is 66.7 Å². The Morgan fingerprint density at radius 2 is 1.39 bits per heavy atom. The SMILES string of the molecule is CN(OCCCN(CC(=O)N(CCO)CC(=O)N(CCCCN)CC(N)=O)C(=O)CN(Cc1ccccc1)C(=O)CNCCS)[C@@H]1O[C@H](CO)[C@@H](O)[C@H](O)[C@H]1O. The maximum absolute atomic E-state index is 14.0. The average Bonchev–Trinajstić information content (AvgIpc) is 3.17. The molecule has 0 spiro atoms. The number of nitrogens with zero attached hydrogens (tertiary/aromatic N) is 5. The van der Waals surface area contributed by atoms with Gasteiger partial charge in [-0.25, -0.2) is 0 Å². The molecule has 2 rings (SSSR count). The maximum atomic E-state index is 14.0. The molecule has 21 heteroatoms. The molecule has 1 aliphatic rings. The van der Waals surface area contributed by atoms with E-state index in [0.717, 1.165) is 15.5 Å². The molecule has 5 atom stereocenters. The molecule has 0 radical (unpaired) electrons. The van der Waals surface area contributed by atoms with Crippen LogP contribution in [0, 0.1) is 0 Å². The Morgan fingerprint density at radius 1 is 0.804 bits per heavy atom. The first kappa shape index (κ1) is 48.7. The van der Waals surface area contributed by atoms with E-state index in [1.807, 2.05) is 6.07 Å². The second-order valence-corrected chi connectivity index (χ2v) is 13.7. The van der Waals surface area contributed by atoms with Crippen LogP contribution in [0.25, 0.3) is 0 Å². The van der Waals surface area contributed by atoms with Gasteiger partial charge in [0.15, 0.2) is 6.23 Å². The Hall–Kier alpha value is -3.48. The number of nitrogens with one attached hydrogen (secondary N) is 1. The third-order valence-electron chi connectivity index (χ3n) is 8.86. The molecule has 0 aliphatic carbocycles. The fourth-order valence-electron chi connectivity index (χ4n) is 5.76. The van der Waals surface area contributed by atoms with Gasteiger partial charge in [-0.15, -0.1) is 0 Å². The highest BCUT2D eigenvalue weighted by atomic mass is 32.1. The highest BCUT2D eigenvalue weighted by Gasteiger charge is 2.45.